The Bertz CT molecular complexity index is 1150. The van der Waals surface area contributed by atoms with Crippen LogP contribution >= 0.6 is 0 Å². The van der Waals surface area contributed by atoms with Crippen molar-refractivity contribution < 1.29 is 0 Å². The van der Waals surface area contributed by atoms with E-state index < -0.39 is 0 Å². The number of hydrogen-bond acceptors (Lipinski definition) is 2. The molecule has 2 heterocycles. The molecular weight excluding hydrogens is 352 g/mol. The van der Waals surface area contributed by atoms with Crippen molar-refractivity contribution >= 4 is 21.5 Å². The molecule has 1 unspecified atom stereocenters. The van der Waals surface area contributed by atoms with Gasteiger partial charge >= 0.3 is 0 Å². The van der Waals surface area contributed by atoms with Crippen LogP contribution in [0.3, 0.4) is 0 Å². The van der Waals surface area contributed by atoms with E-state index >= 15 is 0 Å². The molecule has 148 valence electrons. The minimum atomic E-state index is -0.00514. The zero-order valence-corrected chi connectivity index (χ0v) is 18.1. The molecule has 2 heteroatoms. The Balaban J connectivity index is 1.80. The summed E-state index contributed by atoms with van der Waals surface area (Å²) in [7, 11) is 0. The van der Waals surface area contributed by atoms with Crippen LogP contribution in [0.1, 0.15) is 57.2 Å². The van der Waals surface area contributed by atoms with Crippen molar-refractivity contribution in [2.75, 3.05) is 0 Å². The predicted octanol–water partition coefficient (Wildman–Crippen LogP) is 7.06. The van der Waals surface area contributed by atoms with Crippen LogP contribution in [0.4, 0.5) is 0 Å². The van der Waals surface area contributed by atoms with Gasteiger partial charge in [0.25, 0.3) is 0 Å². The smallest absolute Gasteiger partial charge is 0.0349 e. The van der Waals surface area contributed by atoms with Gasteiger partial charge in [0.1, 0.15) is 0 Å². The van der Waals surface area contributed by atoms with E-state index in [0.29, 0.717) is 11.8 Å². The Labute approximate surface area is 174 Å². The van der Waals surface area contributed by atoms with E-state index in [1.807, 2.05) is 18.6 Å². The third-order valence-corrected chi connectivity index (χ3v) is 6.46. The lowest BCUT2D eigenvalue weighted by atomic mass is 9.76. The first-order valence-corrected chi connectivity index (χ1v) is 10.6. The standard InChI is InChI=1S/C27H30N2/c1-18(2)19(3)24-16-29-17-25-20(8-6-10-23(24)25)14-27(4,5)26-11-7-9-21-15-28-13-12-22(21)26/h6-13,15-19H,14H2,1-5H3. The number of pyridine rings is 2. The van der Waals surface area contributed by atoms with Gasteiger partial charge in [-0.1, -0.05) is 71.0 Å². The van der Waals surface area contributed by atoms with Crippen molar-refractivity contribution in [1.29, 1.82) is 0 Å². The molecule has 0 radical (unpaired) electrons. The summed E-state index contributed by atoms with van der Waals surface area (Å²) < 4.78 is 0. The Kier molecular flexibility index (Phi) is 5.12. The topological polar surface area (TPSA) is 25.8 Å². The van der Waals surface area contributed by atoms with Crippen LogP contribution in [-0.4, -0.2) is 9.97 Å². The molecule has 0 N–H and O–H groups in total. The number of hydrogen-bond donors (Lipinski definition) is 0. The van der Waals surface area contributed by atoms with Gasteiger partial charge in [-0.05, 0) is 57.2 Å². The second kappa shape index (κ2) is 7.59. The molecule has 0 bridgehead atoms. The first-order chi connectivity index (χ1) is 13.9. The first-order valence-electron chi connectivity index (χ1n) is 10.6. The Hall–Kier alpha value is -2.74. The van der Waals surface area contributed by atoms with Crippen LogP contribution in [0.5, 0.6) is 0 Å². The lowest BCUT2D eigenvalue weighted by molar-refractivity contribution is 0.528. The molecule has 2 aromatic heterocycles. The van der Waals surface area contributed by atoms with Crippen LogP contribution < -0.4 is 0 Å². The molecular formula is C27H30N2. The van der Waals surface area contributed by atoms with E-state index in [2.05, 4.69) is 93.2 Å². The van der Waals surface area contributed by atoms with Crippen LogP contribution in [0, 0.1) is 5.92 Å². The normalized spacial score (nSPS) is 13.3. The highest BCUT2D eigenvalue weighted by Crippen LogP contribution is 2.36. The fourth-order valence-corrected chi connectivity index (χ4v) is 4.44. The molecule has 0 aliphatic carbocycles. The maximum Gasteiger partial charge on any atom is 0.0349 e. The molecule has 2 nitrogen and oxygen atoms in total. The monoisotopic (exact) mass is 382 g/mol. The summed E-state index contributed by atoms with van der Waals surface area (Å²) in [5, 5.41) is 5.12. The van der Waals surface area contributed by atoms with E-state index in [9.17, 15) is 0 Å². The average molecular weight is 383 g/mol. The largest absolute Gasteiger partial charge is 0.264 e. The third kappa shape index (κ3) is 3.64. The third-order valence-electron chi connectivity index (χ3n) is 6.46. The summed E-state index contributed by atoms with van der Waals surface area (Å²) in [6.07, 6.45) is 8.91. The molecule has 0 amide bonds. The van der Waals surface area contributed by atoms with E-state index in [0.717, 1.165) is 6.42 Å². The van der Waals surface area contributed by atoms with Crippen LogP contribution in [0.2, 0.25) is 0 Å². The van der Waals surface area contributed by atoms with E-state index in [-0.39, 0.29) is 5.41 Å². The zero-order valence-electron chi connectivity index (χ0n) is 18.1. The van der Waals surface area contributed by atoms with Crippen molar-refractivity contribution in [1.82, 2.24) is 9.97 Å². The highest BCUT2D eigenvalue weighted by atomic mass is 14.6. The Morgan fingerprint density at radius 2 is 1.59 bits per heavy atom. The van der Waals surface area contributed by atoms with Crippen molar-refractivity contribution in [2.45, 2.75) is 52.4 Å². The summed E-state index contributed by atoms with van der Waals surface area (Å²) in [6.45, 7) is 11.6. The molecule has 0 aliphatic rings. The molecule has 4 aromatic rings. The fraction of sp³-hybridized carbons (Fsp3) is 0.333. The molecule has 0 aliphatic heterocycles. The SMILES string of the molecule is CC(C)C(C)c1cncc2c(CC(C)(C)c3cccc4cnccc34)cccc12. The summed E-state index contributed by atoms with van der Waals surface area (Å²) in [6, 6.07) is 15.4. The molecule has 0 spiro atoms. The van der Waals surface area contributed by atoms with Gasteiger partial charge in [0.2, 0.25) is 0 Å². The zero-order chi connectivity index (χ0) is 20.6. The summed E-state index contributed by atoms with van der Waals surface area (Å²) >= 11 is 0. The van der Waals surface area contributed by atoms with Crippen molar-refractivity contribution in [2.24, 2.45) is 5.92 Å². The van der Waals surface area contributed by atoms with E-state index in [1.54, 1.807) is 0 Å². The van der Waals surface area contributed by atoms with Crippen LogP contribution in [-0.2, 0) is 11.8 Å². The molecule has 1 atom stereocenters. The quantitative estimate of drug-likeness (QED) is 0.369. The number of nitrogens with zero attached hydrogens (tertiary/aromatic N) is 2. The van der Waals surface area contributed by atoms with Gasteiger partial charge in [-0.3, -0.25) is 9.97 Å². The lowest BCUT2D eigenvalue weighted by Gasteiger charge is -2.28. The summed E-state index contributed by atoms with van der Waals surface area (Å²) in [5.41, 5.74) is 4.08. The molecule has 2 aromatic carbocycles. The Morgan fingerprint density at radius 1 is 0.793 bits per heavy atom. The maximum absolute atomic E-state index is 4.62. The van der Waals surface area contributed by atoms with Crippen molar-refractivity contribution in [3.05, 3.63) is 83.9 Å². The van der Waals surface area contributed by atoms with Gasteiger partial charge < -0.3 is 0 Å². The number of benzene rings is 2. The van der Waals surface area contributed by atoms with Gasteiger partial charge in [0, 0.05) is 35.6 Å². The van der Waals surface area contributed by atoms with Crippen LogP contribution in [0.25, 0.3) is 21.5 Å². The lowest BCUT2D eigenvalue weighted by Crippen LogP contribution is -2.21. The van der Waals surface area contributed by atoms with Gasteiger partial charge in [0.15, 0.2) is 0 Å². The second-order valence-corrected chi connectivity index (χ2v) is 9.24. The van der Waals surface area contributed by atoms with Crippen LogP contribution in [0.15, 0.2) is 67.3 Å². The van der Waals surface area contributed by atoms with Gasteiger partial charge in [-0.25, -0.2) is 0 Å². The van der Waals surface area contributed by atoms with Gasteiger partial charge in [-0.2, -0.15) is 0 Å². The second-order valence-electron chi connectivity index (χ2n) is 9.24. The minimum absolute atomic E-state index is 0.00514. The predicted molar refractivity (Wildman–Crippen MR) is 123 cm³/mol. The summed E-state index contributed by atoms with van der Waals surface area (Å²) in [4.78, 5) is 8.91. The fourth-order valence-electron chi connectivity index (χ4n) is 4.44. The summed E-state index contributed by atoms with van der Waals surface area (Å²) in [5.74, 6) is 1.08. The number of fused-ring (bicyclic) bond motifs is 2. The molecule has 4 rings (SSSR count). The molecule has 0 saturated carbocycles. The van der Waals surface area contributed by atoms with Gasteiger partial charge in [0.05, 0.1) is 0 Å². The highest BCUT2D eigenvalue weighted by Gasteiger charge is 2.25. The maximum atomic E-state index is 4.62. The highest BCUT2D eigenvalue weighted by molar-refractivity contribution is 5.89. The number of aromatic nitrogens is 2. The molecule has 0 fully saturated rings. The molecule has 0 saturated heterocycles. The van der Waals surface area contributed by atoms with E-state index in [1.165, 1.54) is 38.2 Å². The molecule has 29 heavy (non-hydrogen) atoms. The van der Waals surface area contributed by atoms with Gasteiger partial charge in [-0.15, -0.1) is 0 Å². The van der Waals surface area contributed by atoms with E-state index in [4.69, 9.17) is 0 Å². The van der Waals surface area contributed by atoms with Crippen molar-refractivity contribution in [3.8, 4) is 0 Å². The average Bonchev–Trinajstić information content (AvgIpc) is 2.72. The Morgan fingerprint density at radius 3 is 2.38 bits per heavy atom. The first kappa shape index (κ1) is 19.6. The number of rotatable bonds is 5. The minimum Gasteiger partial charge on any atom is -0.264 e. The van der Waals surface area contributed by atoms with Crippen molar-refractivity contribution in [3.63, 3.8) is 0 Å².